The van der Waals surface area contributed by atoms with Gasteiger partial charge >= 0.3 is 0 Å². The lowest BCUT2D eigenvalue weighted by Gasteiger charge is -2.14. The third kappa shape index (κ3) is 4.77. The average Bonchev–Trinajstić information content (AvgIpc) is 2.38. The van der Waals surface area contributed by atoms with E-state index in [2.05, 4.69) is 43.4 Å². The molecule has 1 N–H and O–H groups in total. The SMILES string of the molecule is CCNCc1cccc(C)c1OCCCCC#N. The largest absolute Gasteiger partial charge is 0.493 e. The van der Waals surface area contributed by atoms with Gasteiger partial charge in [0.15, 0.2) is 0 Å². The number of hydrogen-bond donors (Lipinski definition) is 1. The van der Waals surface area contributed by atoms with E-state index in [0.29, 0.717) is 13.0 Å². The molecule has 0 heterocycles. The normalized spacial score (nSPS) is 10.1. The summed E-state index contributed by atoms with van der Waals surface area (Å²) in [5, 5.41) is 11.8. The van der Waals surface area contributed by atoms with Gasteiger partial charge in [-0.25, -0.2) is 0 Å². The lowest BCUT2D eigenvalue weighted by molar-refractivity contribution is 0.302. The van der Waals surface area contributed by atoms with Crippen LogP contribution in [0.15, 0.2) is 18.2 Å². The van der Waals surface area contributed by atoms with Gasteiger partial charge in [-0.3, -0.25) is 0 Å². The maximum Gasteiger partial charge on any atom is 0.126 e. The highest BCUT2D eigenvalue weighted by molar-refractivity contribution is 5.40. The molecule has 0 unspecified atom stereocenters. The van der Waals surface area contributed by atoms with Crippen LogP contribution in [-0.2, 0) is 6.54 Å². The Kier molecular flexibility index (Phi) is 6.90. The topological polar surface area (TPSA) is 45.0 Å². The van der Waals surface area contributed by atoms with Gasteiger partial charge in [-0.15, -0.1) is 0 Å². The van der Waals surface area contributed by atoms with Crippen LogP contribution >= 0.6 is 0 Å². The molecule has 0 saturated heterocycles. The van der Waals surface area contributed by atoms with E-state index in [1.165, 1.54) is 11.1 Å². The summed E-state index contributed by atoms with van der Waals surface area (Å²) < 4.78 is 5.86. The summed E-state index contributed by atoms with van der Waals surface area (Å²) >= 11 is 0. The monoisotopic (exact) mass is 246 g/mol. The predicted octanol–water partition coefficient (Wildman–Crippen LogP) is 3.18. The number of para-hydroxylation sites is 1. The number of nitrogens with zero attached hydrogens (tertiary/aromatic N) is 1. The third-order valence-corrected chi connectivity index (χ3v) is 2.79. The summed E-state index contributed by atoms with van der Waals surface area (Å²) in [7, 11) is 0. The molecule has 1 aromatic rings. The van der Waals surface area contributed by atoms with Gasteiger partial charge in [-0.1, -0.05) is 25.1 Å². The average molecular weight is 246 g/mol. The fraction of sp³-hybridized carbons (Fsp3) is 0.533. The van der Waals surface area contributed by atoms with E-state index in [4.69, 9.17) is 10.00 Å². The minimum Gasteiger partial charge on any atom is -0.493 e. The zero-order valence-corrected chi connectivity index (χ0v) is 11.3. The fourth-order valence-corrected chi connectivity index (χ4v) is 1.80. The summed E-state index contributed by atoms with van der Waals surface area (Å²) in [5.74, 6) is 0.996. The number of benzene rings is 1. The van der Waals surface area contributed by atoms with Gasteiger partial charge in [0, 0.05) is 18.5 Å². The Hall–Kier alpha value is -1.53. The molecule has 0 amide bonds. The molecule has 3 nitrogen and oxygen atoms in total. The van der Waals surface area contributed by atoms with Crippen molar-refractivity contribution in [2.45, 2.75) is 39.7 Å². The van der Waals surface area contributed by atoms with Crippen molar-refractivity contribution in [3.05, 3.63) is 29.3 Å². The van der Waals surface area contributed by atoms with Crippen molar-refractivity contribution in [2.75, 3.05) is 13.2 Å². The number of nitriles is 1. The van der Waals surface area contributed by atoms with Crippen LogP contribution in [0.1, 0.15) is 37.3 Å². The van der Waals surface area contributed by atoms with Crippen LogP contribution < -0.4 is 10.1 Å². The molecule has 0 aromatic heterocycles. The molecule has 0 aliphatic heterocycles. The van der Waals surface area contributed by atoms with E-state index in [1.807, 2.05) is 0 Å². The van der Waals surface area contributed by atoms with Crippen LogP contribution in [0.5, 0.6) is 5.75 Å². The second-order valence-corrected chi connectivity index (χ2v) is 4.31. The Balaban J connectivity index is 2.54. The molecule has 1 rings (SSSR count). The van der Waals surface area contributed by atoms with Gasteiger partial charge in [-0.05, 0) is 31.9 Å². The minimum absolute atomic E-state index is 0.612. The summed E-state index contributed by atoms with van der Waals surface area (Å²) in [6, 6.07) is 8.38. The standard InChI is InChI=1S/C15H22N2O/c1-3-17-12-14-9-7-8-13(2)15(14)18-11-6-4-5-10-16/h7-9,17H,3-6,11-12H2,1-2H3. The second-order valence-electron chi connectivity index (χ2n) is 4.31. The van der Waals surface area contributed by atoms with Gasteiger partial charge < -0.3 is 10.1 Å². The molecule has 0 aliphatic rings. The maximum atomic E-state index is 8.47. The Morgan fingerprint density at radius 1 is 1.33 bits per heavy atom. The highest BCUT2D eigenvalue weighted by Crippen LogP contribution is 2.23. The quantitative estimate of drug-likeness (QED) is 0.716. The number of unbranched alkanes of at least 4 members (excludes halogenated alkanes) is 2. The van der Waals surface area contributed by atoms with Gasteiger partial charge in [0.05, 0.1) is 12.7 Å². The first-order valence-electron chi connectivity index (χ1n) is 6.58. The van der Waals surface area contributed by atoms with E-state index in [-0.39, 0.29) is 0 Å². The number of ether oxygens (including phenoxy) is 1. The smallest absolute Gasteiger partial charge is 0.126 e. The van der Waals surface area contributed by atoms with E-state index in [1.54, 1.807) is 0 Å². The first-order chi connectivity index (χ1) is 8.79. The van der Waals surface area contributed by atoms with Gasteiger partial charge in [0.1, 0.15) is 5.75 Å². The molecule has 1 aromatic carbocycles. The minimum atomic E-state index is 0.612. The first-order valence-corrected chi connectivity index (χ1v) is 6.58. The highest BCUT2D eigenvalue weighted by atomic mass is 16.5. The van der Waals surface area contributed by atoms with E-state index >= 15 is 0 Å². The van der Waals surface area contributed by atoms with Crippen LogP contribution in [0.4, 0.5) is 0 Å². The lowest BCUT2D eigenvalue weighted by Crippen LogP contribution is -2.13. The molecule has 0 aliphatic carbocycles. The number of aryl methyl sites for hydroxylation is 1. The van der Waals surface area contributed by atoms with Gasteiger partial charge in [-0.2, -0.15) is 5.26 Å². The molecule has 18 heavy (non-hydrogen) atoms. The van der Waals surface area contributed by atoms with Gasteiger partial charge in [0.2, 0.25) is 0 Å². The Bertz CT molecular complexity index is 396. The second kappa shape index (κ2) is 8.54. The molecule has 0 bridgehead atoms. The summed E-state index contributed by atoms with van der Waals surface area (Å²) in [6.07, 6.45) is 2.45. The lowest BCUT2D eigenvalue weighted by atomic mass is 10.1. The first kappa shape index (κ1) is 14.5. The Labute approximate surface area is 110 Å². The van der Waals surface area contributed by atoms with Crippen molar-refractivity contribution >= 4 is 0 Å². The molecule has 0 radical (unpaired) electrons. The zero-order chi connectivity index (χ0) is 13.2. The molecular formula is C15H22N2O. The van der Waals surface area contributed by atoms with E-state index in [0.717, 1.165) is 31.7 Å². The van der Waals surface area contributed by atoms with Gasteiger partial charge in [0.25, 0.3) is 0 Å². The number of nitrogens with one attached hydrogen (secondary N) is 1. The van der Waals surface area contributed by atoms with Crippen molar-refractivity contribution < 1.29 is 4.74 Å². The number of rotatable bonds is 8. The molecule has 0 fully saturated rings. The van der Waals surface area contributed by atoms with Crippen molar-refractivity contribution in [3.8, 4) is 11.8 Å². The van der Waals surface area contributed by atoms with Crippen LogP contribution in [-0.4, -0.2) is 13.2 Å². The fourth-order valence-electron chi connectivity index (χ4n) is 1.80. The molecular weight excluding hydrogens is 224 g/mol. The summed E-state index contributed by atoms with van der Waals surface area (Å²) in [5.41, 5.74) is 2.38. The third-order valence-electron chi connectivity index (χ3n) is 2.79. The predicted molar refractivity (Wildman–Crippen MR) is 73.5 cm³/mol. The van der Waals surface area contributed by atoms with Crippen molar-refractivity contribution in [1.29, 1.82) is 5.26 Å². The molecule has 0 saturated carbocycles. The Morgan fingerprint density at radius 3 is 2.89 bits per heavy atom. The van der Waals surface area contributed by atoms with Crippen molar-refractivity contribution in [2.24, 2.45) is 0 Å². The summed E-state index contributed by atoms with van der Waals surface area (Å²) in [4.78, 5) is 0. The van der Waals surface area contributed by atoms with Crippen LogP contribution in [0, 0.1) is 18.3 Å². The van der Waals surface area contributed by atoms with Crippen LogP contribution in [0.2, 0.25) is 0 Å². The van der Waals surface area contributed by atoms with Crippen LogP contribution in [0.3, 0.4) is 0 Å². The zero-order valence-electron chi connectivity index (χ0n) is 11.3. The Morgan fingerprint density at radius 2 is 2.17 bits per heavy atom. The summed E-state index contributed by atoms with van der Waals surface area (Å²) in [6.45, 7) is 6.64. The van der Waals surface area contributed by atoms with E-state index < -0.39 is 0 Å². The molecule has 3 heteroatoms. The maximum absolute atomic E-state index is 8.47. The van der Waals surface area contributed by atoms with Crippen LogP contribution in [0.25, 0.3) is 0 Å². The molecule has 98 valence electrons. The number of hydrogen-bond acceptors (Lipinski definition) is 3. The van der Waals surface area contributed by atoms with E-state index in [9.17, 15) is 0 Å². The highest BCUT2D eigenvalue weighted by Gasteiger charge is 2.06. The molecule has 0 spiro atoms. The molecule has 0 atom stereocenters. The van der Waals surface area contributed by atoms with Crippen molar-refractivity contribution in [3.63, 3.8) is 0 Å². The van der Waals surface area contributed by atoms with Crippen molar-refractivity contribution in [1.82, 2.24) is 5.32 Å².